The highest BCUT2D eigenvalue weighted by Crippen LogP contribution is 2.16. The Kier molecular flexibility index (Phi) is 12.1. The van der Waals surface area contributed by atoms with Gasteiger partial charge in [0, 0.05) is 13.1 Å². The highest BCUT2D eigenvalue weighted by Gasteiger charge is 2.13. The van der Waals surface area contributed by atoms with Crippen LogP contribution in [0.4, 0.5) is 0 Å². The van der Waals surface area contributed by atoms with Gasteiger partial charge >= 0.3 is 0 Å². The van der Waals surface area contributed by atoms with Gasteiger partial charge in [0.2, 0.25) is 0 Å². The van der Waals surface area contributed by atoms with E-state index in [1.54, 1.807) is 13.1 Å². The van der Waals surface area contributed by atoms with Crippen molar-refractivity contribution in [1.82, 2.24) is 5.06 Å². The van der Waals surface area contributed by atoms with E-state index in [2.05, 4.69) is 27.7 Å². The lowest BCUT2D eigenvalue weighted by atomic mass is 10.0. The topological polar surface area (TPSA) is 38.8 Å². The third-order valence-corrected chi connectivity index (χ3v) is 3.92. The molecule has 0 radical (unpaired) electrons. The number of likely N-dealkylation sites (N-methyl/N-ethyl adjacent to an activating group) is 1. The van der Waals surface area contributed by atoms with Gasteiger partial charge in [-0.3, -0.25) is 9.63 Å². The third kappa shape index (κ3) is 13.3. The summed E-state index contributed by atoms with van der Waals surface area (Å²) in [6.07, 6.45) is 12.5. The monoisotopic (exact) mass is 327 g/mol. The smallest absolute Gasteiger partial charge is 0.269 e. The third-order valence-electron chi connectivity index (χ3n) is 3.92. The molecule has 4 nitrogen and oxygen atoms in total. The van der Waals surface area contributed by atoms with E-state index in [-0.39, 0.29) is 11.5 Å². The minimum Gasteiger partial charge on any atom is -0.376 e. The van der Waals surface area contributed by atoms with E-state index < -0.39 is 0 Å². The van der Waals surface area contributed by atoms with Crippen molar-refractivity contribution < 1.29 is 14.4 Å². The van der Waals surface area contributed by atoms with Gasteiger partial charge in [-0.1, -0.05) is 45.1 Å². The van der Waals surface area contributed by atoms with Gasteiger partial charge in [-0.2, -0.15) is 0 Å². The van der Waals surface area contributed by atoms with E-state index in [1.807, 2.05) is 6.08 Å². The lowest BCUT2D eigenvalue weighted by molar-refractivity contribution is -0.162. The first kappa shape index (κ1) is 22.1. The molecule has 0 N–H and O–H groups in total. The standard InChI is InChI=1S/C15H29NO3.C4H8/c1-7-13(12-19-15(2,3)4)10-8-9-11-14(17)16(5)18-6;1-2-4-3-1/h9,11,13H,7-8,10,12H2,1-6H3;1-4H2/b11-9+;. The molecule has 1 fully saturated rings. The largest absolute Gasteiger partial charge is 0.376 e. The summed E-state index contributed by atoms with van der Waals surface area (Å²) in [5, 5.41) is 1.20. The fourth-order valence-corrected chi connectivity index (χ4v) is 1.73. The van der Waals surface area contributed by atoms with Crippen LogP contribution in [0, 0.1) is 5.92 Å². The maximum Gasteiger partial charge on any atom is 0.269 e. The summed E-state index contributed by atoms with van der Waals surface area (Å²) in [5.41, 5.74) is -0.0829. The lowest BCUT2D eigenvalue weighted by Crippen LogP contribution is -2.23. The van der Waals surface area contributed by atoms with E-state index in [0.29, 0.717) is 5.92 Å². The number of hydrogen-bond donors (Lipinski definition) is 0. The Morgan fingerprint density at radius 1 is 1.22 bits per heavy atom. The predicted octanol–water partition coefficient (Wildman–Crippen LogP) is 4.74. The second-order valence-corrected chi connectivity index (χ2v) is 7.11. The molecule has 136 valence electrons. The van der Waals surface area contributed by atoms with Gasteiger partial charge in [-0.05, 0) is 39.5 Å². The van der Waals surface area contributed by atoms with Crippen LogP contribution in [-0.4, -0.2) is 37.3 Å². The molecular formula is C19H37NO3. The number of hydrogen-bond acceptors (Lipinski definition) is 3. The molecule has 1 saturated carbocycles. The Bertz CT molecular complexity index is 326. The van der Waals surface area contributed by atoms with Gasteiger partial charge < -0.3 is 4.74 Å². The molecular weight excluding hydrogens is 290 g/mol. The number of nitrogens with zero attached hydrogens (tertiary/aromatic N) is 1. The molecule has 1 amide bonds. The molecule has 4 heteroatoms. The number of allylic oxidation sites excluding steroid dienone is 1. The van der Waals surface area contributed by atoms with Crippen molar-refractivity contribution in [2.45, 2.75) is 78.2 Å². The molecule has 1 unspecified atom stereocenters. The highest BCUT2D eigenvalue weighted by molar-refractivity contribution is 5.86. The molecule has 1 rings (SSSR count). The van der Waals surface area contributed by atoms with Gasteiger partial charge in [-0.25, -0.2) is 5.06 Å². The van der Waals surface area contributed by atoms with Crippen molar-refractivity contribution in [1.29, 1.82) is 0 Å². The molecule has 23 heavy (non-hydrogen) atoms. The van der Waals surface area contributed by atoms with Gasteiger partial charge in [-0.15, -0.1) is 0 Å². The van der Waals surface area contributed by atoms with Crippen molar-refractivity contribution in [2.24, 2.45) is 5.92 Å². The summed E-state index contributed by atoms with van der Waals surface area (Å²) in [5.74, 6) is 0.403. The zero-order chi connectivity index (χ0) is 17.7. The molecule has 0 heterocycles. The van der Waals surface area contributed by atoms with Gasteiger partial charge in [0.1, 0.15) is 0 Å². The van der Waals surface area contributed by atoms with Gasteiger partial charge in [0.25, 0.3) is 5.91 Å². The van der Waals surface area contributed by atoms with Crippen molar-refractivity contribution >= 4 is 5.91 Å². The summed E-state index contributed by atoms with van der Waals surface area (Å²) >= 11 is 0. The van der Waals surface area contributed by atoms with E-state index >= 15 is 0 Å². The van der Waals surface area contributed by atoms with Crippen LogP contribution in [0.25, 0.3) is 0 Å². The first-order valence-electron chi connectivity index (χ1n) is 8.92. The second-order valence-electron chi connectivity index (χ2n) is 7.11. The number of amides is 1. The lowest BCUT2D eigenvalue weighted by Gasteiger charge is -2.23. The predicted molar refractivity (Wildman–Crippen MR) is 96.1 cm³/mol. The molecule has 0 aromatic rings. The first-order chi connectivity index (χ1) is 10.8. The molecule has 0 aliphatic heterocycles. The van der Waals surface area contributed by atoms with Crippen LogP contribution in [0.15, 0.2) is 12.2 Å². The number of carbonyl (C=O) groups is 1. The maximum atomic E-state index is 11.4. The fraction of sp³-hybridized carbons (Fsp3) is 0.842. The SMILES string of the molecule is C1CCC1.CCC(CC/C=C/C(=O)N(C)OC)COC(C)(C)C. The number of hydroxylamine groups is 2. The molecule has 0 bridgehead atoms. The van der Waals surface area contributed by atoms with Crippen molar-refractivity contribution in [3.05, 3.63) is 12.2 Å². The Morgan fingerprint density at radius 2 is 1.78 bits per heavy atom. The normalized spacial score (nSPS) is 15.6. The van der Waals surface area contributed by atoms with E-state index in [9.17, 15) is 4.79 Å². The van der Waals surface area contributed by atoms with Crippen LogP contribution in [-0.2, 0) is 14.4 Å². The minimum atomic E-state index is -0.138. The van der Waals surface area contributed by atoms with Crippen LogP contribution in [0.3, 0.4) is 0 Å². The molecule has 0 aromatic carbocycles. The summed E-state index contributed by atoms with van der Waals surface area (Å²) < 4.78 is 5.80. The first-order valence-corrected chi connectivity index (χ1v) is 8.92. The van der Waals surface area contributed by atoms with Gasteiger partial charge in [0.15, 0.2) is 0 Å². The maximum absolute atomic E-state index is 11.4. The molecule has 1 aliphatic carbocycles. The average Bonchev–Trinajstić information content (AvgIpc) is 2.42. The van der Waals surface area contributed by atoms with E-state index in [4.69, 9.17) is 9.57 Å². The molecule has 0 aromatic heterocycles. The summed E-state index contributed by atoms with van der Waals surface area (Å²) in [4.78, 5) is 16.2. The Balaban J connectivity index is 0.00000104. The van der Waals surface area contributed by atoms with Crippen molar-refractivity contribution in [3.8, 4) is 0 Å². The molecule has 1 aliphatic rings. The van der Waals surface area contributed by atoms with Crippen LogP contribution >= 0.6 is 0 Å². The Morgan fingerprint density at radius 3 is 2.17 bits per heavy atom. The van der Waals surface area contributed by atoms with Crippen molar-refractivity contribution in [2.75, 3.05) is 20.8 Å². The highest BCUT2D eigenvalue weighted by atomic mass is 16.7. The summed E-state index contributed by atoms with van der Waals surface area (Å²) in [7, 11) is 3.07. The number of ether oxygens (including phenoxy) is 1. The molecule has 1 atom stereocenters. The van der Waals surface area contributed by atoms with Crippen LogP contribution in [0.1, 0.15) is 72.6 Å². The van der Waals surface area contributed by atoms with Crippen LogP contribution in [0.5, 0.6) is 0 Å². The second kappa shape index (κ2) is 12.5. The number of rotatable bonds is 8. The van der Waals surface area contributed by atoms with Crippen LogP contribution in [0.2, 0.25) is 0 Å². The minimum absolute atomic E-state index is 0.0829. The summed E-state index contributed by atoms with van der Waals surface area (Å²) in [6.45, 7) is 9.15. The van der Waals surface area contributed by atoms with Crippen molar-refractivity contribution in [3.63, 3.8) is 0 Å². The fourth-order valence-electron chi connectivity index (χ4n) is 1.73. The zero-order valence-corrected chi connectivity index (χ0v) is 16.1. The van der Waals surface area contributed by atoms with E-state index in [1.165, 1.54) is 37.9 Å². The molecule has 0 saturated heterocycles. The van der Waals surface area contributed by atoms with Gasteiger partial charge in [0.05, 0.1) is 19.3 Å². The van der Waals surface area contributed by atoms with Crippen LogP contribution < -0.4 is 0 Å². The molecule has 0 spiro atoms. The van der Waals surface area contributed by atoms with E-state index in [0.717, 1.165) is 25.9 Å². The Hall–Kier alpha value is -0.870. The zero-order valence-electron chi connectivity index (χ0n) is 16.1. The number of carbonyl (C=O) groups excluding carboxylic acids is 1. The Labute approximate surface area is 143 Å². The summed E-state index contributed by atoms with van der Waals surface area (Å²) in [6, 6.07) is 0. The quantitative estimate of drug-likeness (QED) is 0.477. The average molecular weight is 328 g/mol.